The summed E-state index contributed by atoms with van der Waals surface area (Å²) >= 11 is 0. The van der Waals surface area contributed by atoms with Gasteiger partial charge in [0.1, 0.15) is 5.82 Å². The number of halogens is 1. The Labute approximate surface area is 205 Å². The van der Waals surface area contributed by atoms with Crippen molar-refractivity contribution in [2.75, 3.05) is 18.4 Å². The molecular formula is C28H31FN4O2. The Kier molecular flexibility index (Phi) is 7.87. The largest absolute Gasteiger partial charge is 0.352 e. The second kappa shape index (κ2) is 11.2. The van der Waals surface area contributed by atoms with Gasteiger partial charge in [-0.1, -0.05) is 29.3 Å². The fourth-order valence-electron chi connectivity index (χ4n) is 4.73. The molecular weight excluding hydrogens is 443 g/mol. The Morgan fingerprint density at radius 2 is 1.54 bits per heavy atom. The van der Waals surface area contributed by atoms with Gasteiger partial charge in [0.15, 0.2) is 0 Å². The second-order valence-electron chi connectivity index (χ2n) is 9.39. The first kappa shape index (κ1) is 24.5. The summed E-state index contributed by atoms with van der Waals surface area (Å²) in [6.07, 6.45) is 3.94. The Morgan fingerprint density at radius 1 is 0.914 bits per heavy atom. The number of benzene rings is 2. The zero-order chi connectivity index (χ0) is 24.8. The summed E-state index contributed by atoms with van der Waals surface area (Å²) in [6, 6.07) is 15.8. The first-order valence-corrected chi connectivity index (χ1v) is 11.9. The summed E-state index contributed by atoms with van der Waals surface area (Å²) in [6.45, 7) is 6.28. The molecule has 6 nitrogen and oxygen atoms in total. The molecule has 1 fully saturated rings. The minimum Gasteiger partial charge on any atom is -0.352 e. The van der Waals surface area contributed by atoms with E-state index in [0.29, 0.717) is 38.3 Å². The van der Waals surface area contributed by atoms with Gasteiger partial charge in [0, 0.05) is 44.3 Å². The van der Waals surface area contributed by atoms with Gasteiger partial charge in [0.2, 0.25) is 11.8 Å². The maximum Gasteiger partial charge on any atom is 0.228 e. The fourth-order valence-corrected chi connectivity index (χ4v) is 4.73. The standard InChI is InChI=1S/C28H31FN4O2/c1-19-11-20(2)13-22(12-19)15-31-27(34)23-14-24(28(35)32-26-5-3-25(29)4-6-26)18-33(17-23)16-21-7-9-30-10-8-21/h3-13,23-24H,14-18H2,1-2H3,(H,31,34)(H,32,35)/t23-,24+/m0/s1. The number of aryl methyl sites for hydroxylation is 2. The highest BCUT2D eigenvalue weighted by Gasteiger charge is 2.35. The molecule has 35 heavy (non-hydrogen) atoms. The van der Waals surface area contributed by atoms with E-state index >= 15 is 0 Å². The van der Waals surface area contributed by atoms with Crippen LogP contribution in [0, 0.1) is 31.5 Å². The van der Waals surface area contributed by atoms with Crippen molar-refractivity contribution in [3.63, 3.8) is 0 Å². The highest BCUT2D eigenvalue weighted by Crippen LogP contribution is 2.25. The minimum atomic E-state index is -0.368. The van der Waals surface area contributed by atoms with Crippen LogP contribution in [0.15, 0.2) is 67.0 Å². The molecule has 1 aliphatic heterocycles. The summed E-state index contributed by atoms with van der Waals surface area (Å²) in [5.74, 6) is -1.26. The van der Waals surface area contributed by atoms with Crippen molar-refractivity contribution < 1.29 is 14.0 Å². The molecule has 7 heteroatoms. The summed E-state index contributed by atoms with van der Waals surface area (Å²) in [4.78, 5) is 32.5. The first-order chi connectivity index (χ1) is 16.9. The van der Waals surface area contributed by atoms with Crippen molar-refractivity contribution in [1.82, 2.24) is 15.2 Å². The number of piperidine rings is 1. The average Bonchev–Trinajstić information content (AvgIpc) is 2.84. The van der Waals surface area contributed by atoms with Crippen molar-refractivity contribution in [1.29, 1.82) is 0 Å². The SMILES string of the molecule is Cc1cc(C)cc(CNC(=O)[C@H]2C[C@@H](C(=O)Nc3ccc(F)cc3)CN(Cc3ccncc3)C2)c1. The zero-order valence-electron chi connectivity index (χ0n) is 20.1. The minimum absolute atomic E-state index is 0.0526. The molecule has 1 saturated heterocycles. The van der Waals surface area contributed by atoms with E-state index in [0.717, 1.165) is 22.3 Å². The Hall–Kier alpha value is -3.58. The summed E-state index contributed by atoms with van der Waals surface area (Å²) in [5, 5.41) is 5.95. The maximum absolute atomic E-state index is 13.2. The van der Waals surface area contributed by atoms with Crippen molar-refractivity contribution in [3.8, 4) is 0 Å². The molecule has 0 radical (unpaired) electrons. The van der Waals surface area contributed by atoms with Crippen LogP contribution in [-0.2, 0) is 22.7 Å². The molecule has 0 bridgehead atoms. The van der Waals surface area contributed by atoms with Crippen LogP contribution in [0.3, 0.4) is 0 Å². The lowest BCUT2D eigenvalue weighted by Crippen LogP contribution is -2.48. The van der Waals surface area contributed by atoms with Crippen molar-refractivity contribution in [2.24, 2.45) is 11.8 Å². The van der Waals surface area contributed by atoms with Crippen molar-refractivity contribution in [2.45, 2.75) is 33.4 Å². The van der Waals surface area contributed by atoms with Gasteiger partial charge in [-0.2, -0.15) is 0 Å². The first-order valence-electron chi connectivity index (χ1n) is 11.9. The van der Waals surface area contributed by atoms with Crippen molar-refractivity contribution >= 4 is 17.5 Å². The van der Waals surface area contributed by atoms with E-state index in [-0.39, 0.29) is 29.5 Å². The number of nitrogens with one attached hydrogen (secondary N) is 2. The monoisotopic (exact) mass is 474 g/mol. The highest BCUT2D eigenvalue weighted by atomic mass is 19.1. The Bertz CT molecular complexity index is 1150. The lowest BCUT2D eigenvalue weighted by Gasteiger charge is -2.36. The number of anilines is 1. The van der Waals surface area contributed by atoms with Gasteiger partial charge < -0.3 is 10.6 Å². The van der Waals surface area contributed by atoms with Gasteiger partial charge in [0.05, 0.1) is 11.8 Å². The predicted octanol–water partition coefficient (Wildman–Crippen LogP) is 4.23. The number of hydrogen-bond acceptors (Lipinski definition) is 4. The number of pyridine rings is 1. The zero-order valence-corrected chi connectivity index (χ0v) is 20.1. The number of carbonyl (C=O) groups excluding carboxylic acids is 2. The van der Waals surface area contributed by atoms with E-state index in [2.05, 4.69) is 38.7 Å². The van der Waals surface area contributed by atoms with Crippen LogP contribution in [0.5, 0.6) is 0 Å². The van der Waals surface area contributed by atoms with Crippen LogP contribution < -0.4 is 10.6 Å². The molecule has 3 aromatic rings. The van der Waals surface area contributed by atoms with Gasteiger partial charge in [-0.3, -0.25) is 19.5 Å². The number of aromatic nitrogens is 1. The van der Waals surface area contributed by atoms with E-state index in [1.807, 2.05) is 26.0 Å². The van der Waals surface area contributed by atoms with Crippen LogP contribution in [0.4, 0.5) is 10.1 Å². The Morgan fingerprint density at radius 3 is 2.20 bits per heavy atom. The van der Waals surface area contributed by atoms with E-state index in [1.54, 1.807) is 24.5 Å². The second-order valence-corrected chi connectivity index (χ2v) is 9.39. The molecule has 2 N–H and O–H groups in total. The van der Waals surface area contributed by atoms with Gasteiger partial charge in [-0.05, 0) is 67.8 Å². The van der Waals surface area contributed by atoms with Crippen LogP contribution in [-0.4, -0.2) is 34.8 Å². The predicted molar refractivity (Wildman–Crippen MR) is 134 cm³/mol. The van der Waals surface area contributed by atoms with E-state index < -0.39 is 0 Å². The molecule has 2 atom stereocenters. The Balaban J connectivity index is 1.45. The third-order valence-electron chi connectivity index (χ3n) is 6.28. The number of rotatable bonds is 7. The molecule has 0 saturated carbocycles. The van der Waals surface area contributed by atoms with Crippen LogP contribution in [0.2, 0.25) is 0 Å². The molecule has 2 aromatic carbocycles. The van der Waals surface area contributed by atoms with Crippen molar-refractivity contribution in [3.05, 3.63) is 95.1 Å². The number of amides is 2. The average molecular weight is 475 g/mol. The van der Waals surface area contributed by atoms with Gasteiger partial charge in [0.25, 0.3) is 0 Å². The number of likely N-dealkylation sites (tertiary alicyclic amines) is 1. The fraction of sp³-hybridized carbons (Fsp3) is 0.321. The van der Waals surface area contributed by atoms with Crippen LogP contribution in [0.1, 0.15) is 28.7 Å². The summed E-state index contributed by atoms with van der Waals surface area (Å²) in [5.41, 5.74) is 5.00. The van der Waals surface area contributed by atoms with Crippen LogP contribution in [0.25, 0.3) is 0 Å². The third kappa shape index (κ3) is 6.96. The van der Waals surface area contributed by atoms with E-state index in [1.165, 1.54) is 12.1 Å². The quantitative estimate of drug-likeness (QED) is 0.538. The maximum atomic E-state index is 13.2. The van der Waals surface area contributed by atoms with Gasteiger partial charge >= 0.3 is 0 Å². The van der Waals surface area contributed by atoms with E-state index in [4.69, 9.17) is 0 Å². The molecule has 182 valence electrons. The molecule has 1 aliphatic rings. The molecule has 0 aliphatic carbocycles. The summed E-state index contributed by atoms with van der Waals surface area (Å²) in [7, 11) is 0. The van der Waals surface area contributed by atoms with Gasteiger partial charge in [-0.25, -0.2) is 4.39 Å². The molecule has 4 rings (SSSR count). The lowest BCUT2D eigenvalue weighted by atomic mass is 9.87. The highest BCUT2D eigenvalue weighted by molar-refractivity contribution is 5.93. The molecule has 1 aromatic heterocycles. The molecule has 0 unspecified atom stereocenters. The normalized spacial score (nSPS) is 18.1. The van der Waals surface area contributed by atoms with Gasteiger partial charge in [-0.15, -0.1) is 0 Å². The lowest BCUT2D eigenvalue weighted by molar-refractivity contribution is -0.130. The number of hydrogen-bond donors (Lipinski definition) is 2. The smallest absolute Gasteiger partial charge is 0.228 e. The number of nitrogens with zero attached hydrogens (tertiary/aromatic N) is 2. The summed E-state index contributed by atoms with van der Waals surface area (Å²) < 4.78 is 13.2. The number of carbonyl (C=O) groups is 2. The molecule has 0 spiro atoms. The third-order valence-corrected chi connectivity index (χ3v) is 6.28. The van der Waals surface area contributed by atoms with E-state index in [9.17, 15) is 14.0 Å². The molecule has 2 heterocycles. The van der Waals surface area contributed by atoms with Crippen LogP contribution >= 0.6 is 0 Å². The molecule has 2 amide bonds. The topological polar surface area (TPSA) is 74.3 Å².